The van der Waals surface area contributed by atoms with Crippen molar-refractivity contribution in [1.29, 1.82) is 0 Å². The van der Waals surface area contributed by atoms with Crippen molar-refractivity contribution in [3.05, 3.63) is 81.9 Å². The van der Waals surface area contributed by atoms with Gasteiger partial charge in [0.25, 0.3) is 5.91 Å². The Morgan fingerprint density at radius 1 is 1.15 bits per heavy atom. The Bertz CT molecular complexity index is 1400. The molecule has 1 aliphatic rings. The maximum absolute atomic E-state index is 13.3. The van der Waals surface area contributed by atoms with E-state index in [1.807, 2.05) is 48.7 Å². The molecule has 4 nitrogen and oxygen atoms in total. The van der Waals surface area contributed by atoms with Crippen molar-refractivity contribution < 1.29 is 4.79 Å². The Morgan fingerprint density at radius 3 is 2.73 bits per heavy atom. The molecule has 0 aliphatic heterocycles. The summed E-state index contributed by atoms with van der Waals surface area (Å²) in [5.41, 5.74) is 5.90. The number of amides is 1. The number of hydrogen-bond donors (Lipinski definition) is 1. The van der Waals surface area contributed by atoms with E-state index >= 15 is 0 Å². The predicted octanol–water partition coefficient (Wildman–Crippen LogP) is 6.53. The van der Waals surface area contributed by atoms with Crippen LogP contribution in [0.25, 0.3) is 10.9 Å². The number of aryl methyl sites for hydroxylation is 1. The molecule has 0 unspecified atom stereocenters. The molecule has 5 heteroatoms. The topological polar surface area (TPSA) is 46.4 Å². The summed E-state index contributed by atoms with van der Waals surface area (Å²) in [5.74, 6) is 2.67. The lowest BCUT2D eigenvalue weighted by atomic mass is 9.95. The van der Waals surface area contributed by atoms with Gasteiger partial charge in [0.05, 0.1) is 12.1 Å². The molecular formula is C28H25N3OS. The van der Waals surface area contributed by atoms with Crippen LogP contribution in [0.2, 0.25) is 0 Å². The number of rotatable bonds is 5. The molecule has 0 fully saturated rings. The average Bonchev–Trinajstić information content (AvgIpc) is 3.34. The van der Waals surface area contributed by atoms with E-state index in [4.69, 9.17) is 11.4 Å². The van der Waals surface area contributed by atoms with Crippen LogP contribution in [0.1, 0.15) is 44.9 Å². The molecule has 1 aliphatic carbocycles. The molecule has 5 rings (SSSR count). The zero-order valence-corrected chi connectivity index (χ0v) is 19.4. The first-order chi connectivity index (χ1) is 16.2. The summed E-state index contributed by atoms with van der Waals surface area (Å²) in [6, 6.07) is 17.8. The SMILES string of the molecule is C#CCn1c(C)c(C=Nc2sc3c(c2C(=O)Nc2ccccc2)CCCC3)c2ccccc21. The van der Waals surface area contributed by atoms with Crippen LogP contribution < -0.4 is 5.32 Å². The van der Waals surface area contributed by atoms with Gasteiger partial charge in [-0.2, -0.15) is 0 Å². The van der Waals surface area contributed by atoms with E-state index < -0.39 is 0 Å². The number of nitrogens with zero attached hydrogens (tertiary/aromatic N) is 2. The number of fused-ring (bicyclic) bond motifs is 2. The first kappa shape index (κ1) is 21.2. The summed E-state index contributed by atoms with van der Waals surface area (Å²) in [6.07, 6.45) is 11.7. The molecule has 0 atom stereocenters. The number of nitrogens with one attached hydrogen (secondary N) is 1. The molecule has 0 radical (unpaired) electrons. The molecule has 1 amide bonds. The van der Waals surface area contributed by atoms with Crippen LogP contribution in [0.15, 0.2) is 59.6 Å². The maximum atomic E-state index is 13.3. The fourth-order valence-corrected chi connectivity index (χ4v) is 5.86. The van der Waals surface area contributed by atoms with Gasteiger partial charge in [-0.3, -0.25) is 4.79 Å². The van der Waals surface area contributed by atoms with E-state index in [9.17, 15) is 4.79 Å². The van der Waals surface area contributed by atoms with E-state index in [0.29, 0.717) is 6.54 Å². The van der Waals surface area contributed by atoms with Crippen LogP contribution >= 0.6 is 11.3 Å². The molecule has 2 heterocycles. The van der Waals surface area contributed by atoms with Gasteiger partial charge in [-0.25, -0.2) is 4.99 Å². The minimum Gasteiger partial charge on any atom is -0.333 e. The number of para-hydroxylation sites is 2. The molecular weight excluding hydrogens is 426 g/mol. The standard InChI is InChI=1S/C28H25N3OS/c1-3-17-31-19(2)23(21-13-7-9-15-24(21)31)18-29-28-26(22-14-8-10-16-25(22)33-28)27(32)30-20-11-5-4-6-12-20/h1,4-7,9,11-13,15,18H,8,10,14,16-17H2,2H3,(H,30,32). The molecule has 0 bridgehead atoms. The fourth-order valence-electron chi connectivity index (χ4n) is 4.63. The second-order valence-electron chi connectivity index (χ2n) is 8.28. The van der Waals surface area contributed by atoms with Gasteiger partial charge in [0, 0.05) is 38.9 Å². The van der Waals surface area contributed by atoms with E-state index in [1.54, 1.807) is 11.3 Å². The summed E-state index contributed by atoms with van der Waals surface area (Å²) in [4.78, 5) is 19.5. The van der Waals surface area contributed by atoms with Crippen LogP contribution in [0, 0.1) is 19.3 Å². The first-order valence-corrected chi connectivity index (χ1v) is 12.1. The Hall–Kier alpha value is -3.62. The van der Waals surface area contributed by atoms with Gasteiger partial charge in [0.1, 0.15) is 5.00 Å². The van der Waals surface area contributed by atoms with Crippen molar-refractivity contribution in [2.45, 2.75) is 39.2 Å². The third-order valence-corrected chi connectivity index (χ3v) is 7.45. The molecule has 33 heavy (non-hydrogen) atoms. The van der Waals surface area contributed by atoms with Gasteiger partial charge < -0.3 is 9.88 Å². The summed E-state index contributed by atoms with van der Waals surface area (Å²) in [6.45, 7) is 2.58. The lowest BCUT2D eigenvalue weighted by Gasteiger charge is -2.12. The number of hydrogen-bond acceptors (Lipinski definition) is 3. The predicted molar refractivity (Wildman–Crippen MR) is 138 cm³/mol. The van der Waals surface area contributed by atoms with Crippen LogP contribution in [0.4, 0.5) is 10.7 Å². The number of benzene rings is 2. The van der Waals surface area contributed by atoms with Crippen molar-refractivity contribution in [2.24, 2.45) is 4.99 Å². The third kappa shape index (κ3) is 3.99. The number of aliphatic imine (C=N–C) groups is 1. The number of anilines is 1. The quantitative estimate of drug-likeness (QED) is 0.272. The normalized spacial score (nSPS) is 13.2. The summed E-state index contributed by atoms with van der Waals surface area (Å²) >= 11 is 1.65. The van der Waals surface area contributed by atoms with E-state index in [1.165, 1.54) is 10.4 Å². The van der Waals surface area contributed by atoms with Crippen LogP contribution in [-0.2, 0) is 19.4 Å². The first-order valence-electron chi connectivity index (χ1n) is 11.2. The zero-order valence-electron chi connectivity index (χ0n) is 18.6. The molecule has 2 aromatic carbocycles. The number of carbonyl (C=O) groups excluding carboxylic acids is 1. The second kappa shape index (κ2) is 9.09. The Labute approximate surface area is 198 Å². The van der Waals surface area contributed by atoms with Crippen LogP contribution in [0.5, 0.6) is 0 Å². The Morgan fingerprint density at radius 2 is 1.91 bits per heavy atom. The summed E-state index contributed by atoms with van der Waals surface area (Å²) in [7, 11) is 0. The van der Waals surface area contributed by atoms with Crippen LogP contribution in [-0.4, -0.2) is 16.7 Å². The monoisotopic (exact) mass is 451 g/mol. The number of carbonyl (C=O) groups is 1. The molecule has 0 saturated heterocycles. The minimum absolute atomic E-state index is 0.0840. The van der Waals surface area contributed by atoms with Gasteiger partial charge in [-0.05, 0) is 56.4 Å². The zero-order chi connectivity index (χ0) is 22.8. The lowest BCUT2D eigenvalue weighted by Crippen LogP contribution is -2.14. The van der Waals surface area contributed by atoms with E-state index in [-0.39, 0.29) is 5.91 Å². The number of thiophene rings is 1. The highest BCUT2D eigenvalue weighted by Crippen LogP contribution is 2.40. The molecule has 0 saturated carbocycles. The maximum Gasteiger partial charge on any atom is 0.259 e. The molecule has 164 valence electrons. The van der Waals surface area contributed by atoms with Crippen molar-refractivity contribution in [3.8, 4) is 12.3 Å². The van der Waals surface area contributed by atoms with Gasteiger partial charge in [0.2, 0.25) is 0 Å². The molecule has 1 N–H and O–H groups in total. The molecule has 4 aromatic rings. The average molecular weight is 452 g/mol. The highest BCUT2D eigenvalue weighted by molar-refractivity contribution is 7.16. The largest absolute Gasteiger partial charge is 0.333 e. The third-order valence-electron chi connectivity index (χ3n) is 6.25. The smallest absolute Gasteiger partial charge is 0.259 e. The molecule has 0 spiro atoms. The lowest BCUT2D eigenvalue weighted by molar-refractivity contribution is 0.102. The summed E-state index contributed by atoms with van der Waals surface area (Å²) in [5, 5.41) is 4.96. The fraction of sp³-hybridized carbons (Fsp3) is 0.214. The van der Waals surface area contributed by atoms with Gasteiger partial charge >= 0.3 is 0 Å². The van der Waals surface area contributed by atoms with Crippen molar-refractivity contribution in [3.63, 3.8) is 0 Å². The Balaban J connectivity index is 1.57. The van der Waals surface area contributed by atoms with Gasteiger partial charge in [0.15, 0.2) is 0 Å². The molecule has 2 aromatic heterocycles. The van der Waals surface area contributed by atoms with E-state index in [2.05, 4.69) is 34.9 Å². The van der Waals surface area contributed by atoms with Gasteiger partial charge in [-0.15, -0.1) is 17.8 Å². The van der Waals surface area contributed by atoms with Crippen molar-refractivity contribution >= 4 is 45.0 Å². The van der Waals surface area contributed by atoms with Crippen LogP contribution in [0.3, 0.4) is 0 Å². The van der Waals surface area contributed by atoms with Crippen molar-refractivity contribution in [1.82, 2.24) is 4.57 Å². The minimum atomic E-state index is -0.0840. The number of terminal acetylenes is 1. The Kier molecular flexibility index (Phi) is 5.85. The van der Waals surface area contributed by atoms with E-state index in [0.717, 1.165) is 64.1 Å². The second-order valence-corrected chi connectivity index (χ2v) is 9.36. The number of aromatic nitrogens is 1. The highest BCUT2D eigenvalue weighted by atomic mass is 32.1. The summed E-state index contributed by atoms with van der Waals surface area (Å²) < 4.78 is 2.14. The van der Waals surface area contributed by atoms with Gasteiger partial charge in [-0.1, -0.05) is 42.3 Å². The highest BCUT2D eigenvalue weighted by Gasteiger charge is 2.25. The van der Waals surface area contributed by atoms with Crippen molar-refractivity contribution in [2.75, 3.05) is 5.32 Å².